The second-order valence-corrected chi connectivity index (χ2v) is 5.90. The van der Waals surface area contributed by atoms with Crippen LogP contribution in [0.4, 0.5) is 5.69 Å². The molecule has 0 radical (unpaired) electrons. The lowest BCUT2D eigenvalue weighted by atomic mass is 10.1. The van der Waals surface area contributed by atoms with Gasteiger partial charge in [0, 0.05) is 31.6 Å². The van der Waals surface area contributed by atoms with Gasteiger partial charge < -0.3 is 9.88 Å². The van der Waals surface area contributed by atoms with E-state index in [9.17, 15) is 14.9 Å². The van der Waals surface area contributed by atoms with E-state index in [0.29, 0.717) is 11.4 Å². The number of benzene rings is 2. The third-order valence-corrected chi connectivity index (χ3v) is 4.08. The monoisotopic (exact) mass is 362 g/mol. The van der Waals surface area contributed by atoms with E-state index >= 15 is 0 Å². The van der Waals surface area contributed by atoms with Crippen molar-refractivity contribution in [3.05, 3.63) is 100 Å². The summed E-state index contributed by atoms with van der Waals surface area (Å²) >= 11 is 0. The summed E-state index contributed by atoms with van der Waals surface area (Å²) in [6.45, 7) is 0. The number of amides is 1. The lowest BCUT2D eigenvalue weighted by Crippen LogP contribution is -2.29. The third-order valence-electron chi connectivity index (χ3n) is 4.08. The quantitative estimate of drug-likeness (QED) is 0.414. The number of para-hydroxylation sites is 1. The molecule has 0 saturated heterocycles. The van der Waals surface area contributed by atoms with Gasteiger partial charge in [-0.1, -0.05) is 42.5 Å². The highest BCUT2D eigenvalue weighted by Gasteiger charge is 2.19. The standard InChI is InChI=1S/C20H18N4O3/c1-23-14-13-21-20(23)19(16-8-3-2-4-9-16)22-18(25)12-11-15-7-5-6-10-17(15)24(26)27/h2-14,19H,1H3,(H,22,25). The van der Waals surface area contributed by atoms with E-state index in [1.807, 2.05) is 41.9 Å². The van der Waals surface area contributed by atoms with Crippen LogP contribution in [0, 0.1) is 10.1 Å². The fourth-order valence-corrected chi connectivity index (χ4v) is 2.75. The van der Waals surface area contributed by atoms with E-state index in [4.69, 9.17) is 0 Å². The zero-order valence-electron chi connectivity index (χ0n) is 14.6. The molecule has 2 aromatic carbocycles. The topological polar surface area (TPSA) is 90.1 Å². The molecule has 1 atom stereocenters. The van der Waals surface area contributed by atoms with Gasteiger partial charge in [0.05, 0.1) is 10.5 Å². The molecule has 3 rings (SSSR count). The van der Waals surface area contributed by atoms with Crippen LogP contribution in [-0.2, 0) is 11.8 Å². The van der Waals surface area contributed by atoms with Crippen molar-refractivity contribution in [2.45, 2.75) is 6.04 Å². The van der Waals surface area contributed by atoms with Crippen LogP contribution in [0.2, 0.25) is 0 Å². The van der Waals surface area contributed by atoms with Gasteiger partial charge in [-0.05, 0) is 17.7 Å². The van der Waals surface area contributed by atoms with Gasteiger partial charge >= 0.3 is 0 Å². The molecule has 1 aromatic heterocycles. The van der Waals surface area contributed by atoms with Gasteiger partial charge in [0.15, 0.2) is 0 Å². The average molecular weight is 362 g/mol. The number of carbonyl (C=O) groups is 1. The summed E-state index contributed by atoms with van der Waals surface area (Å²) in [6, 6.07) is 15.3. The normalized spacial score (nSPS) is 12.0. The zero-order valence-corrected chi connectivity index (χ0v) is 14.6. The Morgan fingerprint density at radius 1 is 1.19 bits per heavy atom. The van der Waals surface area contributed by atoms with Crippen molar-refractivity contribution in [2.75, 3.05) is 0 Å². The predicted molar refractivity (Wildman–Crippen MR) is 102 cm³/mol. The maximum absolute atomic E-state index is 12.5. The summed E-state index contributed by atoms with van der Waals surface area (Å²) < 4.78 is 1.84. The summed E-state index contributed by atoms with van der Waals surface area (Å²) in [5, 5.41) is 14.0. The number of rotatable bonds is 6. The average Bonchev–Trinajstić information content (AvgIpc) is 3.11. The Morgan fingerprint density at radius 2 is 1.89 bits per heavy atom. The number of imidazole rings is 1. The Balaban J connectivity index is 1.84. The largest absolute Gasteiger partial charge is 0.339 e. The van der Waals surface area contributed by atoms with Crippen molar-refractivity contribution in [2.24, 2.45) is 7.05 Å². The van der Waals surface area contributed by atoms with Crippen molar-refractivity contribution in [3.8, 4) is 0 Å². The lowest BCUT2D eigenvalue weighted by molar-refractivity contribution is -0.385. The Morgan fingerprint density at radius 3 is 2.56 bits per heavy atom. The summed E-state index contributed by atoms with van der Waals surface area (Å²) in [7, 11) is 1.85. The molecule has 0 aliphatic rings. The minimum Gasteiger partial charge on any atom is -0.339 e. The molecule has 0 aliphatic carbocycles. The van der Waals surface area contributed by atoms with Gasteiger partial charge in [0.2, 0.25) is 5.91 Å². The van der Waals surface area contributed by atoms with Crippen LogP contribution >= 0.6 is 0 Å². The summed E-state index contributed by atoms with van der Waals surface area (Å²) in [5.74, 6) is 0.318. The van der Waals surface area contributed by atoms with Gasteiger partial charge in [0.1, 0.15) is 11.9 Å². The van der Waals surface area contributed by atoms with Crippen LogP contribution in [-0.4, -0.2) is 20.4 Å². The second kappa shape index (κ2) is 8.09. The molecule has 136 valence electrons. The van der Waals surface area contributed by atoms with Crippen LogP contribution < -0.4 is 5.32 Å². The zero-order chi connectivity index (χ0) is 19.2. The molecule has 7 nitrogen and oxygen atoms in total. The molecule has 0 fully saturated rings. The van der Waals surface area contributed by atoms with Gasteiger partial charge in [-0.15, -0.1) is 0 Å². The summed E-state index contributed by atoms with van der Waals surface area (Å²) in [6.07, 6.45) is 6.20. The van der Waals surface area contributed by atoms with Crippen LogP contribution in [0.3, 0.4) is 0 Å². The van der Waals surface area contributed by atoms with E-state index in [-0.39, 0.29) is 11.6 Å². The van der Waals surface area contributed by atoms with Crippen LogP contribution in [0.1, 0.15) is 23.0 Å². The lowest BCUT2D eigenvalue weighted by Gasteiger charge is -2.18. The molecule has 1 amide bonds. The van der Waals surface area contributed by atoms with Gasteiger partial charge in [-0.25, -0.2) is 4.98 Å². The summed E-state index contributed by atoms with van der Waals surface area (Å²) in [4.78, 5) is 27.4. The Kier molecular flexibility index (Phi) is 5.41. The number of hydrogen-bond donors (Lipinski definition) is 1. The molecular formula is C20H18N4O3. The fourth-order valence-electron chi connectivity index (χ4n) is 2.75. The van der Waals surface area contributed by atoms with E-state index in [1.54, 1.807) is 30.6 Å². The molecule has 0 saturated carbocycles. The molecule has 0 bridgehead atoms. The number of hydrogen-bond acceptors (Lipinski definition) is 4. The molecule has 1 N–H and O–H groups in total. The maximum Gasteiger partial charge on any atom is 0.276 e. The van der Waals surface area contributed by atoms with Crippen molar-refractivity contribution in [3.63, 3.8) is 0 Å². The first-order valence-corrected chi connectivity index (χ1v) is 8.30. The highest BCUT2D eigenvalue weighted by atomic mass is 16.6. The first-order valence-electron chi connectivity index (χ1n) is 8.30. The minimum atomic E-state index is -0.474. The van der Waals surface area contributed by atoms with E-state index in [0.717, 1.165) is 5.56 Å². The van der Waals surface area contributed by atoms with E-state index < -0.39 is 11.0 Å². The molecule has 1 heterocycles. The maximum atomic E-state index is 12.5. The van der Waals surface area contributed by atoms with Gasteiger partial charge in [0.25, 0.3) is 5.69 Å². The summed E-state index contributed by atoms with van der Waals surface area (Å²) in [5.41, 5.74) is 1.20. The Labute approximate surface area is 156 Å². The van der Waals surface area contributed by atoms with Crippen molar-refractivity contribution < 1.29 is 9.72 Å². The molecule has 1 unspecified atom stereocenters. The van der Waals surface area contributed by atoms with Crippen molar-refractivity contribution in [1.82, 2.24) is 14.9 Å². The Bertz CT molecular complexity index is 980. The minimum absolute atomic E-state index is 0.0507. The van der Waals surface area contributed by atoms with Crippen molar-refractivity contribution >= 4 is 17.7 Å². The second-order valence-electron chi connectivity index (χ2n) is 5.90. The molecule has 0 spiro atoms. The number of nitro groups is 1. The van der Waals surface area contributed by atoms with Crippen molar-refractivity contribution in [1.29, 1.82) is 0 Å². The third kappa shape index (κ3) is 4.27. The highest BCUT2D eigenvalue weighted by Crippen LogP contribution is 2.21. The van der Waals surface area contributed by atoms with E-state index in [2.05, 4.69) is 10.3 Å². The smallest absolute Gasteiger partial charge is 0.276 e. The number of nitro benzene ring substituents is 1. The highest BCUT2D eigenvalue weighted by molar-refractivity contribution is 5.92. The van der Waals surface area contributed by atoms with Gasteiger partial charge in [-0.2, -0.15) is 0 Å². The number of nitrogens with one attached hydrogen (secondary N) is 1. The number of carbonyl (C=O) groups excluding carboxylic acids is 1. The first-order chi connectivity index (χ1) is 13.1. The molecule has 27 heavy (non-hydrogen) atoms. The van der Waals surface area contributed by atoms with E-state index in [1.165, 1.54) is 18.2 Å². The molecular weight excluding hydrogens is 344 g/mol. The van der Waals surface area contributed by atoms with Crippen LogP contribution in [0.5, 0.6) is 0 Å². The number of aryl methyl sites for hydroxylation is 1. The molecule has 3 aromatic rings. The number of aromatic nitrogens is 2. The fraction of sp³-hybridized carbons (Fsp3) is 0.100. The van der Waals surface area contributed by atoms with Gasteiger partial charge in [-0.3, -0.25) is 14.9 Å². The number of nitrogens with zero attached hydrogens (tertiary/aromatic N) is 3. The molecule has 7 heteroatoms. The Hall–Kier alpha value is -3.74. The van der Waals surface area contributed by atoms with Crippen LogP contribution in [0.25, 0.3) is 6.08 Å². The van der Waals surface area contributed by atoms with Crippen LogP contribution in [0.15, 0.2) is 73.1 Å². The molecule has 0 aliphatic heterocycles. The SMILES string of the molecule is Cn1ccnc1C(NC(=O)C=Cc1ccccc1[N+](=O)[O-])c1ccccc1. The first kappa shape index (κ1) is 18.1. The predicted octanol–water partition coefficient (Wildman–Crippen LogP) is 3.25.